The fourth-order valence-electron chi connectivity index (χ4n) is 0.794. The first-order chi connectivity index (χ1) is 6.13. The van der Waals surface area contributed by atoms with Crippen molar-refractivity contribution in [3.05, 3.63) is 23.8 Å². The number of rotatable bonds is 3. The number of ether oxygens (including phenoxy) is 1. The van der Waals surface area contributed by atoms with Gasteiger partial charge in [-0.25, -0.2) is 0 Å². The van der Waals surface area contributed by atoms with E-state index in [-0.39, 0.29) is 11.5 Å². The zero-order chi connectivity index (χ0) is 9.84. The molecule has 0 amide bonds. The molecule has 0 fully saturated rings. The normalized spacial score (nSPS) is 10.1. The van der Waals surface area contributed by atoms with Gasteiger partial charge in [0.25, 0.3) is 0 Å². The van der Waals surface area contributed by atoms with Gasteiger partial charge in [0, 0.05) is 5.56 Å². The van der Waals surface area contributed by atoms with Crippen LogP contribution in [0.1, 0.15) is 10.4 Å². The Kier molecular flexibility index (Phi) is 3.39. The van der Waals surface area contributed by atoms with E-state index in [1.165, 1.54) is 18.2 Å². The van der Waals surface area contributed by atoms with Crippen LogP contribution in [0.2, 0.25) is 0 Å². The molecule has 0 aliphatic heterocycles. The van der Waals surface area contributed by atoms with Gasteiger partial charge < -0.3 is 9.84 Å². The number of phenols is 1. The van der Waals surface area contributed by atoms with E-state index in [2.05, 4.69) is 0 Å². The number of halogens is 2. The van der Waals surface area contributed by atoms with Gasteiger partial charge in [-0.2, -0.15) is 0 Å². The molecular formula is C8H6Cl2O3. The molecule has 0 atom stereocenters. The molecule has 1 N–H and O–H groups in total. The third-order valence-corrected chi connectivity index (χ3v) is 1.51. The molecule has 0 unspecified atom stereocenters. The molecule has 3 nitrogen and oxygen atoms in total. The lowest BCUT2D eigenvalue weighted by molar-refractivity contribution is 0.112. The van der Waals surface area contributed by atoms with Crippen LogP contribution in [0.4, 0.5) is 0 Å². The highest BCUT2D eigenvalue weighted by Crippen LogP contribution is 2.28. The van der Waals surface area contributed by atoms with Crippen LogP contribution in [-0.2, 0) is 0 Å². The van der Waals surface area contributed by atoms with E-state index >= 15 is 0 Å². The highest BCUT2D eigenvalue weighted by Gasteiger charge is 2.07. The summed E-state index contributed by atoms with van der Waals surface area (Å²) in [7, 11) is 0. The lowest BCUT2D eigenvalue weighted by Gasteiger charge is -2.07. The summed E-state index contributed by atoms with van der Waals surface area (Å²) in [6.45, 7) is 0. The van der Waals surface area contributed by atoms with E-state index in [1.54, 1.807) is 0 Å². The second-order valence-electron chi connectivity index (χ2n) is 2.22. The maximum absolute atomic E-state index is 10.4. The molecule has 0 aliphatic carbocycles. The van der Waals surface area contributed by atoms with Gasteiger partial charge in [-0.05, 0) is 18.2 Å². The molecule has 0 saturated carbocycles. The molecule has 1 aromatic rings. The van der Waals surface area contributed by atoms with Crippen LogP contribution < -0.4 is 4.74 Å². The van der Waals surface area contributed by atoms with Crippen LogP contribution in [0.15, 0.2) is 18.2 Å². The number of benzene rings is 1. The molecule has 0 heterocycles. The second-order valence-corrected chi connectivity index (χ2v) is 3.24. The number of hydrogen-bond donors (Lipinski definition) is 1. The van der Waals surface area contributed by atoms with Crippen molar-refractivity contribution in [3.8, 4) is 11.5 Å². The number of hydrogen-bond acceptors (Lipinski definition) is 3. The molecule has 0 saturated heterocycles. The van der Waals surface area contributed by atoms with Crippen molar-refractivity contribution in [2.24, 2.45) is 0 Å². The average Bonchev–Trinajstić information content (AvgIpc) is 2.08. The minimum Gasteiger partial charge on any atom is -0.504 e. The Morgan fingerprint density at radius 2 is 2.15 bits per heavy atom. The number of aromatic hydroxyl groups is 1. The maximum atomic E-state index is 10.4. The van der Waals surface area contributed by atoms with Crippen LogP contribution in [0.5, 0.6) is 11.5 Å². The van der Waals surface area contributed by atoms with Gasteiger partial charge in [0.1, 0.15) is 6.29 Å². The lowest BCUT2D eigenvalue weighted by atomic mass is 10.2. The number of aldehydes is 1. The number of phenolic OH excluding ortho intramolecular Hbond substituents is 1. The molecule has 0 radical (unpaired) electrons. The van der Waals surface area contributed by atoms with Crippen molar-refractivity contribution in [3.63, 3.8) is 0 Å². The molecule has 70 valence electrons. The van der Waals surface area contributed by atoms with Gasteiger partial charge in [-0.3, -0.25) is 4.79 Å². The highest BCUT2D eigenvalue weighted by molar-refractivity contribution is 6.43. The molecule has 0 spiro atoms. The third-order valence-electron chi connectivity index (χ3n) is 1.34. The van der Waals surface area contributed by atoms with Crippen LogP contribution in [0.3, 0.4) is 0 Å². The molecule has 13 heavy (non-hydrogen) atoms. The van der Waals surface area contributed by atoms with Crippen LogP contribution in [-0.4, -0.2) is 16.4 Å². The highest BCUT2D eigenvalue weighted by atomic mass is 35.5. The Morgan fingerprint density at radius 3 is 2.69 bits per heavy atom. The molecule has 5 heteroatoms. The number of carbonyl (C=O) groups excluding carboxylic acids is 1. The van der Waals surface area contributed by atoms with Gasteiger partial charge in [0.15, 0.2) is 11.5 Å². The Bertz CT molecular complexity index is 312. The Labute approximate surface area is 84.8 Å². The summed E-state index contributed by atoms with van der Waals surface area (Å²) in [5, 5.41) is 8.15. The summed E-state index contributed by atoms with van der Waals surface area (Å²) < 4.78 is 4.81. The van der Waals surface area contributed by atoms with E-state index < -0.39 is 5.02 Å². The molecule has 1 aromatic carbocycles. The van der Waals surface area contributed by atoms with Gasteiger partial charge in [0.05, 0.1) is 0 Å². The smallest absolute Gasteiger partial charge is 0.248 e. The molecule has 0 aliphatic rings. The quantitative estimate of drug-likeness (QED) is 0.629. The van der Waals surface area contributed by atoms with Crippen molar-refractivity contribution in [1.29, 1.82) is 0 Å². The first kappa shape index (κ1) is 10.2. The van der Waals surface area contributed by atoms with E-state index in [4.69, 9.17) is 27.9 Å². The molecular weight excluding hydrogens is 215 g/mol. The van der Waals surface area contributed by atoms with Crippen molar-refractivity contribution in [2.45, 2.75) is 5.02 Å². The van der Waals surface area contributed by atoms with E-state index in [9.17, 15) is 9.90 Å². The van der Waals surface area contributed by atoms with Crippen molar-refractivity contribution in [2.75, 3.05) is 0 Å². The summed E-state index contributed by atoms with van der Waals surface area (Å²) in [6, 6.07) is 4.13. The fraction of sp³-hybridized carbons (Fsp3) is 0.125. The summed E-state index contributed by atoms with van der Waals surface area (Å²) in [5.41, 5.74) is 0.377. The van der Waals surface area contributed by atoms with Crippen LogP contribution >= 0.6 is 23.2 Å². The fourth-order valence-corrected chi connectivity index (χ4v) is 0.986. The van der Waals surface area contributed by atoms with E-state index in [0.717, 1.165) is 0 Å². The van der Waals surface area contributed by atoms with Crippen molar-refractivity contribution in [1.82, 2.24) is 0 Å². The van der Waals surface area contributed by atoms with E-state index in [0.29, 0.717) is 11.8 Å². The third kappa shape index (κ3) is 2.79. The Hall–Kier alpha value is -0.930. The zero-order valence-electron chi connectivity index (χ0n) is 6.41. The molecule has 0 aromatic heterocycles. The van der Waals surface area contributed by atoms with E-state index in [1.807, 2.05) is 0 Å². The van der Waals surface area contributed by atoms with Crippen LogP contribution in [0, 0.1) is 0 Å². The molecule has 1 rings (SSSR count). The molecule has 0 bridgehead atoms. The standard InChI is InChI=1S/C8H6Cl2O3/c9-8(10)13-7-3-5(4-11)1-2-6(7)12/h1-4,8,12H. The minimum absolute atomic E-state index is 0.0830. The van der Waals surface area contributed by atoms with Crippen molar-refractivity contribution >= 4 is 29.5 Å². The van der Waals surface area contributed by atoms with Gasteiger partial charge in [-0.15, -0.1) is 0 Å². The predicted molar refractivity (Wildman–Crippen MR) is 49.6 cm³/mol. The largest absolute Gasteiger partial charge is 0.504 e. The van der Waals surface area contributed by atoms with Gasteiger partial charge >= 0.3 is 0 Å². The topological polar surface area (TPSA) is 46.5 Å². The van der Waals surface area contributed by atoms with Gasteiger partial charge in [0.2, 0.25) is 5.02 Å². The first-order valence-corrected chi connectivity index (χ1v) is 4.24. The van der Waals surface area contributed by atoms with Gasteiger partial charge in [-0.1, -0.05) is 23.2 Å². The minimum atomic E-state index is -1.08. The second kappa shape index (κ2) is 4.35. The summed E-state index contributed by atoms with van der Waals surface area (Å²) >= 11 is 10.6. The Morgan fingerprint density at radius 1 is 1.46 bits per heavy atom. The zero-order valence-corrected chi connectivity index (χ0v) is 7.92. The monoisotopic (exact) mass is 220 g/mol. The maximum Gasteiger partial charge on any atom is 0.248 e. The average molecular weight is 221 g/mol. The van der Waals surface area contributed by atoms with Crippen molar-refractivity contribution < 1.29 is 14.6 Å². The lowest BCUT2D eigenvalue weighted by Crippen LogP contribution is -1.99. The SMILES string of the molecule is O=Cc1ccc(O)c(OC(Cl)Cl)c1. The Balaban J connectivity index is 2.96. The predicted octanol–water partition coefficient (Wildman–Crippen LogP) is 2.34. The summed E-state index contributed by atoms with van der Waals surface area (Å²) in [4.78, 5) is 10.4. The summed E-state index contributed by atoms with van der Waals surface area (Å²) in [6.07, 6.45) is 0.629. The van der Waals surface area contributed by atoms with Crippen LogP contribution in [0.25, 0.3) is 0 Å². The summed E-state index contributed by atoms with van der Waals surface area (Å²) in [5.74, 6) is -0.0310. The first-order valence-electron chi connectivity index (χ1n) is 3.36. The number of alkyl halides is 2. The number of carbonyl (C=O) groups is 1.